The normalized spacial score (nSPS) is 19.5. The number of amidine groups is 1. The molecule has 15 heavy (non-hydrogen) atoms. The Hall–Kier alpha value is -1.71. The highest BCUT2D eigenvalue weighted by Gasteiger charge is 2.15. The second-order valence-electron chi connectivity index (χ2n) is 3.63. The van der Waals surface area contributed by atoms with Crippen LogP contribution >= 0.6 is 0 Å². The van der Waals surface area contributed by atoms with Crippen molar-refractivity contribution in [3.05, 3.63) is 29.8 Å². The summed E-state index contributed by atoms with van der Waals surface area (Å²) in [5.41, 5.74) is 7.79. The smallest absolute Gasteiger partial charge is 0.282 e. The van der Waals surface area contributed by atoms with Crippen LogP contribution in [0, 0.1) is 6.92 Å². The van der Waals surface area contributed by atoms with Crippen LogP contribution in [-0.2, 0) is 4.74 Å². The van der Waals surface area contributed by atoms with Crippen molar-refractivity contribution in [3.63, 3.8) is 0 Å². The highest BCUT2D eigenvalue weighted by atomic mass is 16.5. The number of para-hydroxylation sites is 1. The van der Waals surface area contributed by atoms with E-state index in [2.05, 4.69) is 29.4 Å². The molecule has 4 heteroatoms. The molecule has 0 saturated heterocycles. The van der Waals surface area contributed by atoms with Gasteiger partial charge >= 0.3 is 0 Å². The molecule has 1 aliphatic rings. The summed E-state index contributed by atoms with van der Waals surface area (Å²) in [5.74, 6) is 0. The number of aryl methyl sites for hydroxylation is 1. The van der Waals surface area contributed by atoms with Gasteiger partial charge in [-0.3, -0.25) is 0 Å². The molecule has 80 valence electrons. The molecule has 0 radical (unpaired) electrons. The number of hydrogen-bond acceptors (Lipinski definition) is 4. The van der Waals surface area contributed by atoms with E-state index in [1.807, 2.05) is 12.1 Å². The third kappa shape index (κ3) is 2.40. The van der Waals surface area contributed by atoms with Crippen molar-refractivity contribution in [1.29, 1.82) is 0 Å². The Morgan fingerprint density at radius 1 is 1.53 bits per heavy atom. The fraction of sp³-hybridized carbons (Fsp3) is 0.364. The molecule has 1 aliphatic heterocycles. The molecule has 0 spiro atoms. The minimum Gasteiger partial charge on any atom is -0.463 e. The summed E-state index contributed by atoms with van der Waals surface area (Å²) in [7, 11) is 0. The molecule has 1 unspecified atom stereocenters. The summed E-state index contributed by atoms with van der Waals surface area (Å²) in [6.45, 7) is 3.40. The summed E-state index contributed by atoms with van der Waals surface area (Å²) in [6.07, 6.45) is 0. The quantitative estimate of drug-likeness (QED) is 0.777. The zero-order valence-electron chi connectivity index (χ0n) is 8.73. The lowest BCUT2D eigenvalue weighted by Gasteiger charge is -2.10. The zero-order valence-corrected chi connectivity index (χ0v) is 8.73. The van der Waals surface area contributed by atoms with Gasteiger partial charge in [-0.05, 0) is 18.6 Å². The number of nitrogens with two attached hydrogens (primary N) is 1. The van der Waals surface area contributed by atoms with Crippen molar-refractivity contribution in [2.24, 2.45) is 10.7 Å². The van der Waals surface area contributed by atoms with Crippen LogP contribution in [0.15, 0.2) is 29.3 Å². The van der Waals surface area contributed by atoms with Gasteiger partial charge in [-0.2, -0.15) is 0 Å². The molecule has 0 aromatic heterocycles. The van der Waals surface area contributed by atoms with Gasteiger partial charge in [0.25, 0.3) is 6.02 Å². The monoisotopic (exact) mass is 205 g/mol. The molecule has 1 atom stereocenters. The molecule has 1 heterocycles. The molecule has 0 amide bonds. The van der Waals surface area contributed by atoms with Crippen molar-refractivity contribution < 1.29 is 4.74 Å². The highest BCUT2D eigenvalue weighted by molar-refractivity contribution is 5.73. The van der Waals surface area contributed by atoms with E-state index in [1.54, 1.807) is 0 Å². The van der Waals surface area contributed by atoms with E-state index in [9.17, 15) is 0 Å². The number of benzene rings is 1. The number of nitrogens with zero attached hydrogens (tertiary/aromatic N) is 1. The number of hydrogen-bond donors (Lipinski definition) is 2. The Balaban J connectivity index is 1.91. The van der Waals surface area contributed by atoms with Gasteiger partial charge in [-0.25, -0.2) is 4.99 Å². The van der Waals surface area contributed by atoms with Gasteiger partial charge in [0.1, 0.15) is 12.6 Å². The molecule has 3 N–H and O–H groups in total. The summed E-state index contributed by atoms with van der Waals surface area (Å²) in [6, 6.07) is 8.59. The second-order valence-corrected chi connectivity index (χ2v) is 3.63. The molecule has 1 aromatic rings. The Labute approximate surface area is 89.1 Å². The van der Waals surface area contributed by atoms with Gasteiger partial charge < -0.3 is 15.8 Å². The maximum Gasteiger partial charge on any atom is 0.282 e. The molecular weight excluding hydrogens is 190 g/mol. The summed E-state index contributed by atoms with van der Waals surface area (Å²) < 4.78 is 5.07. The van der Waals surface area contributed by atoms with Gasteiger partial charge in [-0.15, -0.1) is 0 Å². The first kappa shape index (κ1) is 9.83. The molecule has 2 rings (SSSR count). The topological polar surface area (TPSA) is 59.6 Å². The highest BCUT2D eigenvalue weighted by Crippen LogP contribution is 2.13. The van der Waals surface area contributed by atoms with E-state index in [0.717, 1.165) is 12.2 Å². The van der Waals surface area contributed by atoms with Crippen molar-refractivity contribution in [1.82, 2.24) is 0 Å². The summed E-state index contributed by atoms with van der Waals surface area (Å²) in [4.78, 5) is 4.14. The lowest BCUT2D eigenvalue weighted by molar-refractivity contribution is 0.316. The largest absolute Gasteiger partial charge is 0.463 e. The predicted octanol–water partition coefficient (Wildman–Crippen LogP) is 1.12. The van der Waals surface area contributed by atoms with E-state index in [0.29, 0.717) is 12.6 Å². The Kier molecular flexibility index (Phi) is 2.76. The van der Waals surface area contributed by atoms with Crippen LogP contribution in [0.5, 0.6) is 0 Å². The minimum atomic E-state index is 0.129. The van der Waals surface area contributed by atoms with Gasteiger partial charge in [0.05, 0.1) is 0 Å². The molecule has 0 aliphatic carbocycles. The van der Waals surface area contributed by atoms with Crippen LogP contribution in [0.4, 0.5) is 5.69 Å². The first-order valence-corrected chi connectivity index (χ1v) is 5.01. The SMILES string of the molecule is Cc1ccccc1NCC1COC(N)=N1. The van der Waals surface area contributed by atoms with Crippen molar-refractivity contribution in [2.45, 2.75) is 13.0 Å². The molecule has 0 fully saturated rings. The Morgan fingerprint density at radius 2 is 2.33 bits per heavy atom. The Morgan fingerprint density at radius 3 is 3.00 bits per heavy atom. The Bertz CT molecular complexity index is 376. The van der Waals surface area contributed by atoms with Gasteiger partial charge in [-0.1, -0.05) is 18.2 Å². The van der Waals surface area contributed by atoms with Crippen LogP contribution in [0.3, 0.4) is 0 Å². The average molecular weight is 205 g/mol. The number of nitrogens with one attached hydrogen (secondary N) is 1. The van der Waals surface area contributed by atoms with E-state index < -0.39 is 0 Å². The third-order valence-electron chi connectivity index (χ3n) is 2.41. The minimum absolute atomic E-state index is 0.129. The standard InChI is InChI=1S/C11H15N3O/c1-8-4-2-3-5-10(8)13-6-9-7-15-11(12)14-9/h2-5,9,13H,6-7H2,1H3,(H2,12,14). The van der Waals surface area contributed by atoms with Crippen LogP contribution in [0.2, 0.25) is 0 Å². The third-order valence-corrected chi connectivity index (χ3v) is 2.41. The lowest BCUT2D eigenvalue weighted by Crippen LogP contribution is -2.19. The maximum atomic E-state index is 5.42. The van der Waals surface area contributed by atoms with Crippen molar-refractivity contribution >= 4 is 11.7 Å². The molecule has 0 bridgehead atoms. The van der Waals surface area contributed by atoms with Crippen molar-refractivity contribution in [3.8, 4) is 0 Å². The average Bonchev–Trinajstić information content (AvgIpc) is 2.63. The molecule has 0 saturated carbocycles. The van der Waals surface area contributed by atoms with Crippen LogP contribution in [-0.4, -0.2) is 25.2 Å². The summed E-state index contributed by atoms with van der Waals surface area (Å²) >= 11 is 0. The number of rotatable bonds is 3. The first-order chi connectivity index (χ1) is 7.25. The number of anilines is 1. The fourth-order valence-electron chi connectivity index (χ4n) is 1.54. The summed E-state index contributed by atoms with van der Waals surface area (Å²) in [5, 5.41) is 3.33. The van der Waals surface area contributed by atoms with Gasteiger partial charge in [0.2, 0.25) is 0 Å². The van der Waals surface area contributed by atoms with E-state index in [1.165, 1.54) is 5.56 Å². The van der Waals surface area contributed by atoms with E-state index in [-0.39, 0.29) is 6.04 Å². The predicted molar refractivity (Wildman–Crippen MR) is 61.0 cm³/mol. The van der Waals surface area contributed by atoms with Crippen LogP contribution < -0.4 is 11.1 Å². The first-order valence-electron chi connectivity index (χ1n) is 5.01. The van der Waals surface area contributed by atoms with Gasteiger partial charge in [0.15, 0.2) is 0 Å². The van der Waals surface area contributed by atoms with E-state index >= 15 is 0 Å². The van der Waals surface area contributed by atoms with Crippen molar-refractivity contribution in [2.75, 3.05) is 18.5 Å². The van der Waals surface area contributed by atoms with Crippen LogP contribution in [0.25, 0.3) is 0 Å². The molecule has 4 nitrogen and oxygen atoms in total. The molecule has 1 aromatic carbocycles. The van der Waals surface area contributed by atoms with Gasteiger partial charge in [0, 0.05) is 12.2 Å². The second kappa shape index (κ2) is 4.21. The molecular formula is C11H15N3O. The lowest BCUT2D eigenvalue weighted by atomic mass is 10.2. The fourth-order valence-corrected chi connectivity index (χ4v) is 1.54. The zero-order chi connectivity index (χ0) is 10.7. The van der Waals surface area contributed by atoms with Crippen LogP contribution in [0.1, 0.15) is 5.56 Å². The van der Waals surface area contributed by atoms with E-state index in [4.69, 9.17) is 10.5 Å². The number of aliphatic imine (C=N–C) groups is 1. The maximum absolute atomic E-state index is 5.42. The number of ether oxygens (including phenoxy) is 1.